The van der Waals surface area contributed by atoms with Crippen molar-refractivity contribution < 1.29 is 9.59 Å². The van der Waals surface area contributed by atoms with E-state index < -0.39 is 0 Å². The van der Waals surface area contributed by atoms with Crippen LogP contribution in [0.5, 0.6) is 0 Å². The molecule has 2 amide bonds. The van der Waals surface area contributed by atoms with Crippen LogP contribution in [0.3, 0.4) is 0 Å². The van der Waals surface area contributed by atoms with E-state index in [0.29, 0.717) is 19.0 Å². The highest BCUT2D eigenvalue weighted by molar-refractivity contribution is 6.05. The van der Waals surface area contributed by atoms with E-state index in [1.807, 2.05) is 12.1 Å². The van der Waals surface area contributed by atoms with Crippen LogP contribution in [0.1, 0.15) is 70.3 Å². The molecule has 0 radical (unpaired) electrons. The Morgan fingerprint density at radius 3 is 2.41 bits per heavy atom. The first-order valence-corrected chi connectivity index (χ1v) is 11.4. The van der Waals surface area contributed by atoms with Gasteiger partial charge in [-0.15, -0.1) is 0 Å². The fraction of sp³-hybridized carbons (Fsp3) is 0.667. The summed E-state index contributed by atoms with van der Waals surface area (Å²) in [4.78, 5) is 29.4. The molecule has 1 saturated heterocycles. The topological polar surface area (TPSA) is 52.7 Å². The van der Waals surface area contributed by atoms with Crippen molar-refractivity contribution in [1.29, 1.82) is 0 Å². The second-order valence-electron chi connectivity index (χ2n) is 9.27. The van der Waals surface area contributed by atoms with Crippen LogP contribution >= 0.6 is 0 Å². The predicted octanol–water partition coefficient (Wildman–Crippen LogP) is 3.69. The zero-order chi connectivity index (χ0) is 20.4. The molecule has 1 aliphatic carbocycles. The van der Waals surface area contributed by atoms with Gasteiger partial charge in [0.05, 0.1) is 5.92 Å². The van der Waals surface area contributed by atoms with Crippen LogP contribution < -0.4 is 10.2 Å². The van der Waals surface area contributed by atoms with Crippen LogP contribution in [-0.4, -0.2) is 48.4 Å². The van der Waals surface area contributed by atoms with E-state index in [1.54, 1.807) is 0 Å². The number of anilines is 1. The summed E-state index contributed by atoms with van der Waals surface area (Å²) in [6, 6.07) is 9.29. The molecule has 1 saturated carbocycles. The quantitative estimate of drug-likeness (QED) is 0.824. The van der Waals surface area contributed by atoms with Gasteiger partial charge in [-0.1, -0.05) is 25.1 Å². The number of nitrogens with zero attached hydrogens (tertiary/aromatic N) is 2. The Morgan fingerprint density at radius 2 is 1.72 bits per heavy atom. The van der Waals surface area contributed by atoms with E-state index >= 15 is 0 Å². The summed E-state index contributed by atoms with van der Waals surface area (Å²) in [6.45, 7) is 6.66. The molecule has 0 bridgehead atoms. The molecule has 1 unspecified atom stereocenters. The van der Waals surface area contributed by atoms with Crippen LogP contribution in [0, 0.1) is 5.92 Å². The molecular formula is C24H35N3O2. The van der Waals surface area contributed by atoms with E-state index in [1.165, 1.54) is 32.6 Å². The van der Waals surface area contributed by atoms with Crippen LogP contribution in [0.4, 0.5) is 5.69 Å². The summed E-state index contributed by atoms with van der Waals surface area (Å²) < 4.78 is 0. The molecule has 29 heavy (non-hydrogen) atoms. The third-order valence-electron chi connectivity index (χ3n) is 7.28. The molecule has 5 nitrogen and oxygen atoms in total. The van der Waals surface area contributed by atoms with Crippen molar-refractivity contribution in [2.45, 2.75) is 76.8 Å². The maximum Gasteiger partial charge on any atom is 0.234 e. The maximum absolute atomic E-state index is 13.4. The number of amides is 2. The van der Waals surface area contributed by atoms with Crippen molar-refractivity contribution in [3.05, 3.63) is 29.8 Å². The minimum absolute atomic E-state index is 0.0370. The van der Waals surface area contributed by atoms with Gasteiger partial charge in [-0.25, -0.2) is 0 Å². The van der Waals surface area contributed by atoms with Gasteiger partial charge in [-0.2, -0.15) is 0 Å². The van der Waals surface area contributed by atoms with Crippen molar-refractivity contribution in [3.63, 3.8) is 0 Å². The molecule has 1 N–H and O–H groups in total. The highest BCUT2D eigenvalue weighted by Crippen LogP contribution is 2.42. The number of benzene rings is 1. The summed E-state index contributed by atoms with van der Waals surface area (Å²) in [5.41, 5.74) is 2.22. The summed E-state index contributed by atoms with van der Waals surface area (Å²) in [5, 5.41) is 2.85. The molecule has 1 aromatic carbocycles. The molecule has 1 atom stereocenters. The zero-order valence-corrected chi connectivity index (χ0v) is 17.9. The first-order valence-electron chi connectivity index (χ1n) is 11.4. The maximum atomic E-state index is 13.4. The number of hydrogen-bond donors (Lipinski definition) is 1. The van der Waals surface area contributed by atoms with Gasteiger partial charge in [0.1, 0.15) is 0 Å². The molecule has 0 spiro atoms. The van der Waals surface area contributed by atoms with Crippen LogP contribution in [0.2, 0.25) is 0 Å². The summed E-state index contributed by atoms with van der Waals surface area (Å²) in [6.07, 6.45) is 8.18. The van der Waals surface area contributed by atoms with Gasteiger partial charge in [0, 0.05) is 44.3 Å². The Labute approximate surface area is 174 Å². The number of carbonyl (C=O) groups is 2. The Bertz CT molecular complexity index is 733. The minimum atomic E-state index is -0.129. The number of likely N-dealkylation sites (tertiary alicyclic amines) is 1. The van der Waals surface area contributed by atoms with Gasteiger partial charge in [0.2, 0.25) is 11.8 Å². The highest BCUT2D eigenvalue weighted by atomic mass is 16.2. The first kappa shape index (κ1) is 20.4. The van der Waals surface area contributed by atoms with E-state index in [0.717, 1.165) is 49.1 Å². The fourth-order valence-corrected chi connectivity index (χ4v) is 5.59. The summed E-state index contributed by atoms with van der Waals surface area (Å²) in [7, 11) is 0. The van der Waals surface area contributed by atoms with E-state index in [9.17, 15) is 9.59 Å². The van der Waals surface area contributed by atoms with Gasteiger partial charge in [0.15, 0.2) is 0 Å². The average Bonchev–Trinajstić information content (AvgIpc) is 3.00. The van der Waals surface area contributed by atoms with E-state index in [4.69, 9.17) is 0 Å². The number of rotatable bonds is 5. The normalized spacial score (nSPS) is 28.4. The zero-order valence-electron chi connectivity index (χ0n) is 17.9. The Morgan fingerprint density at radius 1 is 1.03 bits per heavy atom. The van der Waals surface area contributed by atoms with E-state index in [2.05, 4.69) is 34.2 Å². The molecule has 3 aliphatic rings. The fourth-order valence-electron chi connectivity index (χ4n) is 5.59. The number of fused-ring (bicyclic) bond motifs is 1. The molecule has 0 aromatic heterocycles. The molecule has 158 valence electrons. The average molecular weight is 398 g/mol. The highest BCUT2D eigenvalue weighted by Gasteiger charge is 2.41. The number of hydrogen-bond acceptors (Lipinski definition) is 3. The Kier molecular flexibility index (Phi) is 6.23. The molecule has 4 rings (SSSR count). The number of carbonyl (C=O) groups excluding carboxylic acids is 2. The molecule has 2 heterocycles. The van der Waals surface area contributed by atoms with Crippen molar-refractivity contribution >= 4 is 17.5 Å². The Hall–Kier alpha value is -1.88. The van der Waals surface area contributed by atoms with Crippen molar-refractivity contribution in [1.82, 2.24) is 10.2 Å². The molecule has 2 fully saturated rings. The van der Waals surface area contributed by atoms with Crippen LogP contribution in [0.15, 0.2) is 24.3 Å². The first-order chi connectivity index (χ1) is 14.0. The SMILES string of the molecule is CC(=O)NCCC1C(=O)N(C2CCN(C3CCC(C)CC3)CC2)c2ccccc21. The van der Waals surface area contributed by atoms with Crippen LogP contribution in [0.25, 0.3) is 0 Å². The van der Waals surface area contributed by atoms with Crippen molar-refractivity contribution in [2.75, 3.05) is 24.5 Å². The lowest BCUT2D eigenvalue weighted by Gasteiger charge is -2.42. The monoisotopic (exact) mass is 397 g/mol. The lowest BCUT2D eigenvalue weighted by Crippen LogP contribution is -2.50. The third kappa shape index (κ3) is 4.35. The summed E-state index contributed by atoms with van der Waals surface area (Å²) in [5.74, 6) is 0.944. The second-order valence-corrected chi connectivity index (χ2v) is 9.27. The van der Waals surface area contributed by atoms with Gasteiger partial charge in [-0.3, -0.25) is 9.59 Å². The lowest BCUT2D eigenvalue weighted by molar-refractivity contribution is -0.121. The molecule has 1 aromatic rings. The Balaban J connectivity index is 1.41. The van der Waals surface area contributed by atoms with Gasteiger partial charge in [-0.05, 0) is 62.5 Å². The van der Waals surface area contributed by atoms with Crippen molar-refractivity contribution in [3.8, 4) is 0 Å². The number of piperidine rings is 1. The summed E-state index contributed by atoms with van der Waals surface area (Å²) >= 11 is 0. The molecule has 5 heteroatoms. The smallest absolute Gasteiger partial charge is 0.234 e. The van der Waals surface area contributed by atoms with Crippen LogP contribution in [-0.2, 0) is 9.59 Å². The molecular weight excluding hydrogens is 362 g/mol. The second kappa shape index (κ2) is 8.86. The van der Waals surface area contributed by atoms with E-state index in [-0.39, 0.29) is 17.7 Å². The van der Waals surface area contributed by atoms with Gasteiger partial charge < -0.3 is 15.1 Å². The number of nitrogens with one attached hydrogen (secondary N) is 1. The largest absolute Gasteiger partial charge is 0.356 e. The lowest BCUT2D eigenvalue weighted by atomic mass is 9.85. The predicted molar refractivity (Wildman–Crippen MR) is 116 cm³/mol. The van der Waals surface area contributed by atoms with Gasteiger partial charge in [0.25, 0.3) is 0 Å². The standard InChI is InChI=1S/C24H35N3O2/c1-17-7-9-19(10-8-17)26-15-12-20(13-16-26)27-23-6-4-3-5-21(23)22(24(27)29)11-14-25-18(2)28/h3-6,17,19-20,22H,7-16H2,1-2H3,(H,25,28). The molecule has 2 aliphatic heterocycles. The minimum Gasteiger partial charge on any atom is -0.356 e. The van der Waals surface area contributed by atoms with Crippen molar-refractivity contribution in [2.24, 2.45) is 5.92 Å². The van der Waals surface area contributed by atoms with Gasteiger partial charge >= 0.3 is 0 Å². The third-order valence-corrected chi connectivity index (χ3v) is 7.28. The number of para-hydroxylation sites is 1.